The third kappa shape index (κ3) is 15.8. The first kappa shape index (κ1) is 19.8. The summed E-state index contributed by atoms with van der Waals surface area (Å²) in [5.41, 5.74) is 0. The number of thiol groups is 1. The molecule has 0 bridgehead atoms. The Kier molecular flexibility index (Phi) is 12.4. The van der Waals surface area contributed by atoms with Gasteiger partial charge in [-0.05, 0) is 19.3 Å². The molecule has 1 N–H and O–H groups in total. The molecule has 0 saturated heterocycles. The van der Waals surface area contributed by atoms with E-state index in [9.17, 15) is 4.79 Å². The van der Waals surface area contributed by atoms with E-state index in [0.717, 1.165) is 16.7 Å². The van der Waals surface area contributed by atoms with Gasteiger partial charge in [-0.15, -0.1) is 0 Å². The molecule has 0 rings (SSSR count). The van der Waals surface area contributed by atoms with Crippen molar-refractivity contribution in [3.63, 3.8) is 0 Å². The van der Waals surface area contributed by atoms with E-state index in [1.807, 2.05) is 0 Å². The predicted octanol–water partition coefficient (Wildman–Crippen LogP) is 3.25. The summed E-state index contributed by atoms with van der Waals surface area (Å²) in [6, 6.07) is 0. The molecular weight excluding hydrogens is 268 g/mol. The quantitative estimate of drug-likeness (QED) is 0.305. The lowest BCUT2D eigenvalue weighted by Crippen LogP contribution is -2.35. The van der Waals surface area contributed by atoms with E-state index >= 15 is 0 Å². The molecule has 0 spiro atoms. The molecule has 0 atom stereocenters. The largest absolute Gasteiger partial charge is 0.355 e. The first-order chi connectivity index (χ1) is 9.45. The van der Waals surface area contributed by atoms with Gasteiger partial charge in [-0.25, -0.2) is 0 Å². The van der Waals surface area contributed by atoms with Gasteiger partial charge in [0.2, 0.25) is 5.91 Å². The second-order valence-electron chi connectivity index (χ2n) is 6.67. The number of carbonyl (C=O) groups is 1. The zero-order chi connectivity index (χ0) is 15.3. The highest BCUT2D eigenvalue weighted by molar-refractivity contribution is 7.80. The summed E-state index contributed by atoms with van der Waals surface area (Å²) >= 11 is 4.07. The maximum atomic E-state index is 11.3. The van der Waals surface area contributed by atoms with Gasteiger partial charge in [0.25, 0.3) is 0 Å². The molecule has 1 amide bonds. The number of amides is 1. The SMILES string of the molecule is C[N+](C)(C)CCCCCCCCCCC(=O)NCCS. The predicted molar refractivity (Wildman–Crippen MR) is 91.3 cm³/mol. The average molecular weight is 304 g/mol. The molecule has 0 aromatic rings. The molecule has 0 fully saturated rings. The van der Waals surface area contributed by atoms with Crippen LogP contribution in [0, 0.1) is 0 Å². The molecule has 0 saturated carbocycles. The monoisotopic (exact) mass is 303 g/mol. The van der Waals surface area contributed by atoms with Crippen LogP contribution >= 0.6 is 12.6 Å². The molecule has 0 aromatic carbocycles. The Bertz CT molecular complexity index is 239. The second kappa shape index (κ2) is 12.5. The molecule has 0 aliphatic rings. The van der Waals surface area contributed by atoms with Gasteiger partial charge in [0.15, 0.2) is 0 Å². The van der Waals surface area contributed by atoms with Crippen LogP contribution < -0.4 is 5.32 Å². The number of hydrogen-bond acceptors (Lipinski definition) is 2. The van der Waals surface area contributed by atoms with E-state index in [2.05, 4.69) is 39.1 Å². The average Bonchev–Trinajstić information content (AvgIpc) is 2.37. The van der Waals surface area contributed by atoms with E-state index in [1.165, 1.54) is 51.5 Å². The van der Waals surface area contributed by atoms with E-state index in [1.54, 1.807) is 0 Å². The van der Waals surface area contributed by atoms with E-state index in [4.69, 9.17) is 0 Å². The summed E-state index contributed by atoms with van der Waals surface area (Å²) in [5, 5.41) is 2.85. The van der Waals surface area contributed by atoms with Crippen molar-refractivity contribution in [1.82, 2.24) is 5.32 Å². The Morgan fingerprint density at radius 2 is 1.40 bits per heavy atom. The van der Waals surface area contributed by atoms with Crippen molar-refractivity contribution in [2.45, 2.75) is 57.8 Å². The number of rotatable bonds is 13. The van der Waals surface area contributed by atoms with Crippen molar-refractivity contribution in [2.75, 3.05) is 40.0 Å². The molecule has 20 heavy (non-hydrogen) atoms. The summed E-state index contributed by atoms with van der Waals surface area (Å²) in [6.45, 7) is 1.97. The van der Waals surface area contributed by atoms with Crippen LogP contribution in [0.1, 0.15) is 57.8 Å². The van der Waals surface area contributed by atoms with Gasteiger partial charge in [-0.3, -0.25) is 4.79 Å². The number of hydrogen-bond donors (Lipinski definition) is 2. The van der Waals surface area contributed by atoms with Crippen LogP contribution in [-0.4, -0.2) is 50.4 Å². The zero-order valence-electron chi connectivity index (χ0n) is 13.8. The minimum absolute atomic E-state index is 0.180. The zero-order valence-corrected chi connectivity index (χ0v) is 14.7. The highest BCUT2D eigenvalue weighted by Gasteiger charge is 2.05. The van der Waals surface area contributed by atoms with Crippen molar-refractivity contribution in [3.05, 3.63) is 0 Å². The van der Waals surface area contributed by atoms with Crippen LogP contribution in [0.2, 0.25) is 0 Å². The van der Waals surface area contributed by atoms with Gasteiger partial charge in [0.05, 0.1) is 27.7 Å². The van der Waals surface area contributed by atoms with E-state index in [0.29, 0.717) is 13.0 Å². The van der Waals surface area contributed by atoms with Crippen LogP contribution in [0.15, 0.2) is 0 Å². The molecule has 0 aliphatic heterocycles. The summed E-state index contributed by atoms with van der Waals surface area (Å²) in [5.74, 6) is 0.902. The second-order valence-corrected chi connectivity index (χ2v) is 7.11. The van der Waals surface area contributed by atoms with Crippen LogP contribution in [-0.2, 0) is 4.79 Å². The molecule has 0 unspecified atom stereocenters. The topological polar surface area (TPSA) is 29.1 Å². The van der Waals surface area contributed by atoms with Gasteiger partial charge < -0.3 is 9.80 Å². The summed E-state index contributed by atoms with van der Waals surface area (Å²) in [6.07, 6.45) is 10.9. The van der Waals surface area contributed by atoms with Gasteiger partial charge in [0.1, 0.15) is 0 Å². The molecule has 0 heterocycles. The third-order valence-corrected chi connectivity index (χ3v) is 3.64. The lowest BCUT2D eigenvalue weighted by molar-refractivity contribution is -0.870. The molecule has 3 nitrogen and oxygen atoms in total. The van der Waals surface area contributed by atoms with E-state index in [-0.39, 0.29) is 5.91 Å². The van der Waals surface area contributed by atoms with Gasteiger partial charge >= 0.3 is 0 Å². The maximum absolute atomic E-state index is 11.3. The fraction of sp³-hybridized carbons (Fsp3) is 0.938. The number of nitrogens with zero attached hydrogens (tertiary/aromatic N) is 1. The molecule has 120 valence electrons. The Balaban J connectivity index is 3.15. The minimum Gasteiger partial charge on any atom is -0.355 e. The Morgan fingerprint density at radius 1 is 0.900 bits per heavy atom. The number of carbonyl (C=O) groups excluding carboxylic acids is 1. The van der Waals surface area contributed by atoms with Gasteiger partial charge in [0, 0.05) is 18.7 Å². The molecule has 0 aromatic heterocycles. The number of quaternary nitrogens is 1. The van der Waals surface area contributed by atoms with Crippen LogP contribution in [0.25, 0.3) is 0 Å². The first-order valence-corrected chi connectivity index (χ1v) is 8.77. The lowest BCUT2D eigenvalue weighted by Gasteiger charge is -2.23. The Hall–Kier alpha value is -0.220. The fourth-order valence-corrected chi connectivity index (χ4v) is 2.33. The van der Waals surface area contributed by atoms with Crippen molar-refractivity contribution < 1.29 is 9.28 Å². The van der Waals surface area contributed by atoms with Crippen LogP contribution in [0.4, 0.5) is 0 Å². The maximum Gasteiger partial charge on any atom is 0.220 e. The van der Waals surface area contributed by atoms with Crippen molar-refractivity contribution in [2.24, 2.45) is 0 Å². The molecule has 0 radical (unpaired) electrons. The first-order valence-electron chi connectivity index (χ1n) is 8.14. The van der Waals surface area contributed by atoms with Crippen molar-refractivity contribution >= 4 is 18.5 Å². The summed E-state index contributed by atoms with van der Waals surface area (Å²) < 4.78 is 1.08. The molecule has 0 aliphatic carbocycles. The van der Waals surface area contributed by atoms with Crippen LogP contribution in [0.5, 0.6) is 0 Å². The summed E-state index contributed by atoms with van der Waals surface area (Å²) in [7, 11) is 6.77. The fourth-order valence-electron chi connectivity index (χ4n) is 2.22. The minimum atomic E-state index is 0.180. The van der Waals surface area contributed by atoms with Crippen LogP contribution in [0.3, 0.4) is 0 Å². The molecular formula is C16H35N2OS+. The van der Waals surface area contributed by atoms with Crippen molar-refractivity contribution in [1.29, 1.82) is 0 Å². The highest BCUT2D eigenvalue weighted by atomic mass is 32.1. The number of nitrogens with one attached hydrogen (secondary N) is 1. The smallest absolute Gasteiger partial charge is 0.220 e. The highest BCUT2D eigenvalue weighted by Crippen LogP contribution is 2.10. The van der Waals surface area contributed by atoms with Gasteiger partial charge in [-0.2, -0.15) is 12.6 Å². The third-order valence-electron chi connectivity index (χ3n) is 3.42. The standard InChI is InChI=1S/C16H34N2OS/c1-18(2,3)14-11-9-7-5-4-6-8-10-12-16(19)17-13-15-20/h4-15H2,1-3H3,(H-,17,19,20)/p+1. The van der Waals surface area contributed by atoms with Crippen molar-refractivity contribution in [3.8, 4) is 0 Å². The van der Waals surface area contributed by atoms with E-state index < -0.39 is 0 Å². The molecule has 4 heteroatoms. The van der Waals surface area contributed by atoms with Gasteiger partial charge in [-0.1, -0.05) is 32.1 Å². The Labute approximate surface area is 131 Å². The lowest BCUT2D eigenvalue weighted by atomic mass is 10.1. The summed E-state index contributed by atoms with van der Waals surface area (Å²) in [4.78, 5) is 11.3. The Morgan fingerprint density at radius 3 is 1.90 bits per heavy atom. The normalized spacial score (nSPS) is 11.6. The number of unbranched alkanes of at least 4 members (excludes halogenated alkanes) is 7.